The SMILES string of the molecule is CC1C(=O)NC(=O)CN1C(=O)c1cc(O)ccc1O. The zero-order chi connectivity index (χ0) is 14.2. The molecule has 1 aromatic rings. The highest BCUT2D eigenvalue weighted by Gasteiger charge is 2.34. The molecule has 1 saturated heterocycles. The highest BCUT2D eigenvalue weighted by atomic mass is 16.3. The minimum absolute atomic E-state index is 0.158. The van der Waals surface area contributed by atoms with Gasteiger partial charge in [-0.1, -0.05) is 0 Å². The fourth-order valence-corrected chi connectivity index (χ4v) is 1.81. The lowest BCUT2D eigenvalue weighted by molar-refractivity contribution is -0.138. The number of carbonyl (C=O) groups is 3. The van der Waals surface area contributed by atoms with Gasteiger partial charge in [-0.2, -0.15) is 0 Å². The van der Waals surface area contributed by atoms with Gasteiger partial charge in [0.2, 0.25) is 11.8 Å². The van der Waals surface area contributed by atoms with Crippen LogP contribution in [0.4, 0.5) is 0 Å². The lowest BCUT2D eigenvalue weighted by Gasteiger charge is -2.31. The topological polar surface area (TPSA) is 107 Å². The van der Waals surface area contributed by atoms with E-state index in [-0.39, 0.29) is 23.6 Å². The van der Waals surface area contributed by atoms with E-state index in [2.05, 4.69) is 5.32 Å². The Morgan fingerprint density at radius 3 is 2.74 bits per heavy atom. The molecular weight excluding hydrogens is 252 g/mol. The molecule has 0 bridgehead atoms. The number of piperazine rings is 1. The molecule has 2 rings (SSSR count). The van der Waals surface area contributed by atoms with Crippen molar-refractivity contribution >= 4 is 17.7 Å². The summed E-state index contributed by atoms with van der Waals surface area (Å²) in [5, 5.41) is 21.0. The van der Waals surface area contributed by atoms with Crippen LogP contribution in [-0.2, 0) is 9.59 Å². The number of aromatic hydroxyl groups is 2. The lowest BCUT2D eigenvalue weighted by Crippen LogP contribution is -2.58. The van der Waals surface area contributed by atoms with Gasteiger partial charge in [0.1, 0.15) is 24.1 Å². The molecule has 1 aliphatic rings. The van der Waals surface area contributed by atoms with Gasteiger partial charge < -0.3 is 15.1 Å². The Bertz CT molecular complexity index is 569. The number of phenols is 2. The number of carbonyl (C=O) groups excluding carboxylic acids is 3. The van der Waals surface area contributed by atoms with Gasteiger partial charge in [0.15, 0.2) is 0 Å². The molecule has 7 heteroatoms. The summed E-state index contributed by atoms with van der Waals surface area (Å²) in [6.07, 6.45) is 0. The standard InChI is InChI=1S/C12H12N2O5/c1-6-11(18)13-10(17)5-14(6)12(19)8-4-7(15)2-3-9(8)16/h2-4,6,15-16H,5H2,1H3,(H,13,17,18). The quantitative estimate of drug-likeness (QED) is 0.472. The number of rotatable bonds is 1. The molecule has 1 unspecified atom stereocenters. The largest absolute Gasteiger partial charge is 0.508 e. The number of benzene rings is 1. The third-order valence-corrected chi connectivity index (χ3v) is 2.89. The number of hydrogen-bond acceptors (Lipinski definition) is 5. The van der Waals surface area contributed by atoms with Gasteiger partial charge in [0.25, 0.3) is 5.91 Å². The van der Waals surface area contributed by atoms with Crippen LogP contribution in [0, 0.1) is 0 Å². The van der Waals surface area contributed by atoms with Crippen LogP contribution < -0.4 is 5.32 Å². The second kappa shape index (κ2) is 4.60. The van der Waals surface area contributed by atoms with Gasteiger partial charge in [-0.05, 0) is 25.1 Å². The first kappa shape index (κ1) is 12.9. The molecule has 0 radical (unpaired) electrons. The molecule has 0 saturated carbocycles. The normalized spacial score (nSPS) is 19.2. The number of nitrogens with one attached hydrogen (secondary N) is 1. The van der Waals surface area contributed by atoms with Crippen LogP contribution in [0.2, 0.25) is 0 Å². The molecule has 19 heavy (non-hydrogen) atoms. The molecule has 7 nitrogen and oxygen atoms in total. The Kier molecular flexibility index (Phi) is 3.12. The van der Waals surface area contributed by atoms with Crippen LogP contribution in [0.15, 0.2) is 18.2 Å². The summed E-state index contributed by atoms with van der Waals surface area (Å²) in [7, 11) is 0. The Labute approximate surface area is 108 Å². The van der Waals surface area contributed by atoms with Gasteiger partial charge in [0, 0.05) is 0 Å². The van der Waals surface area contributed by atoms with Crippen molar-refractivity contribution in [2.45, 2.75) is 13.0 Å². The summed E-state index contributed by atoms with van der Waals surface area (Å²) in [6, 6.07) is 2.65. The van der Waals surface area contributed by atoms with Gasteiger partial charge in [0.05, 0.1) is 5.56 Å². The Morgan fingerprint density at radius 2 is 2.05 bits per heavy atom. The summed E-state index contributed by atoms with van der Waals surface area (Å²) < 4.78 is 0. The van der Waals surface area contributed by atoms with Crippen molar-refractivity contribution in [3.05, 3.63) is 23.8 Å². The van der Waals surface area contributed by atoms with Crippen LogP contribution >= 0.6 is 0 Å². The van der Waals surface area contributed by atoms with Crippen LogP contribution in [0.5, 0.6) is 11.5 Å². The predicted octanol–water partition coefficient (Wildman–Crippen LogP) is -0.415. The van der Waals surface area contributed by atoms with E-state index in [0.29, 0.717) is 0 Å². The molecular formula is C12H12N2O5. The summed E-state index contributed by atoms with van der Waals surface area (Å²) in [4.78, 5) is 36.0. The molecule has 1 atom stereocenters. The second-order valence-electron chi connectivity index (χ2n) is 4.22. The van der Waals surface area contributed by atoms with E-state index < -0.39 is 23.8 Å². The molecule has 3 amide bonds. The van der Waals surface area contributed by atoms with E-state index in [0.717, 1.165) is 11.0 Å². The van der Waals surface area contributed by atoms with Crippen molar-refractivity contribution in [3.8, 4) is 11.5 Å². The first-order valence-corrected chi connectivity index (χ1v) is 5.57. The molecule has 0 spiro atoms. The number of hydrogen-bond donors (Lipinski definition) is 3. The van der Waals surface area contributed by atoms with Gasteiger partial charge in [-0.25, -0.2) is 0 Å². The average molecular weight is 264 g/mol. The molecule has 3 N–H and O–H groups in total. The van der Waals surface area contributed by atoms with Crippen molar-refractivity contribution in [2.75, 3.05) is 6.54 Å². The minimum Gasteiger partial charge on any atom is -0.508 e. The fraction of sp³-hybridized carbons (Fsp3) is 0.250. The second-order valence-corrected chi connectivity index (χ2v) is 4.22. The monoisotopic (exact) mass is 264 g/mol. The lowest BCUT2D eigenvalue weighted by atomic mass is 10.1. The zero-order valence-electron chi connectivity index (χ0n) is 10.1. The summed E-state index contributed by atoms with van der Waals surface area (Å²) in [5.41, 5.74) is -0.158. The summed E-state index contributed by atoms with van der Waals surface area (Å²) >= 11 is 0. The van der Waals surface area contributed by atoms with Gasteiger partial charge in [-0.15, -0.1) is 0 Å². The van der Waals surface area contributed by atoms with Crippen LogP contribution in [0.1, 0.15) is 17.3 Å². The smallest absolute Gasteiger partial charge is 0.258 e. The Hall–Kier alpha value is -2.57. The van der Waals surface area contributed by atoms with Crippen molar-refractivity contribution < 1.29 is 24.6 Å². The van der Waals surface area contributed by atoms with E-state index in [1.807, 2.05) is 0 Å². The molecule has 0 aromatic heterocycles. The maximum absolute atomic E-state index is 12.2. The number of phenolic OH excluding ortho intramolecular Hbond substituents is 2. The molecule has 0 aliphatic carbocycles. The molecule has 1 aliphatic heterocycles. The summed E-state index contributed by atoms with van der Waals surface area (Å²) in [6.45, 7) is 1.19. The van der Waals surface area contributed by atoms with Crippen molar-refractivity contribution in [1.82, 2.24) is 10.2 Å². The number of nitrogens with zero attached hydrogens (tertiary/aromatic N) is 1. The van der Waals surface area contributed by atoms with Crippen LogP contribution in [-0.4, -0.2) is 45.4 Å². The first-order valence-electron chi connectivity index (χ1n) is 5.57. The summed E-state index contributed by atoms with van der Waals surface area (Å²) in [5.74, 6) is -2.38. The predicted molar refractivity (Wildman–Crippen MR) is 63.4 cm³/mol. The molecule has 1 aromatic carbocycles. The first-order chi connectivity index (χ1) is 8.90. The van der Waals surface area contributed by atoms with Crippen LogP contribution in [0.25, 0.3) is 0 Å². The molecule has 100 valence electrons. The fourth-order valence-electron chi connectivity index (χ4n) is 1.81. The minimum atomic E-state index is -0.827. The maximum Gasteiger partial charge on any atom is 0.258 e. The maximum atomic E-state index is 12.2. The molecule has 1 heterocycles. The van der Waals surface area contributed by atoms with E-state index in [1.54, 1.807) is 0 Å². The Morgan fingerprint density at radius 1 is 1.37 bits per heavy atom. The van der Waals surface area contributed by atoms with E-state index in [4.69, 9.17) is 0 Å². The van der Waals surface area contributed by atoms with E-state index in [9.17, 15) is 24.6 Å². The Balaban J connectivity index is 2.35. The highest BCUT2D eigenvalue weighted by Crippen LogP contribution is 2.24. The van der Waals surface area contributed by atoms with Crippen molar-refractivity contribution in [1.29, 1.82) is 0 Å². The van der Waals surface area contributed by atoms with Gasteiger partial charge >= 0.3 is 0 Å². The third-order valence-electron chi connectivity index (χ3n) is 2.89. The zero-order valence-corrected chi connectivity index (χ0v) is 10.1. The third kappa shape index (κ3) is 2.35. The van der Waals surface area contributed by atoms with Crippen molar-refractivity contribution in [2.24, 2.45) is 0 Å². The van der Waals surface area contributed by atoms with Crippen molar-refractivity contribution in [3.63, 3.8) is 0 Å². The van der Waals surface area contributed by atoms with Crippen LogP contribution in [0.3, 0.4) is 0 Å². The number of imide groups is 1. The van der Waals surface area contributed by atoms with E-state index >= 15 is 0 Å². The highest BCUT2D eigenvalue weighted by molar-refractivity contribution is 6.07. The number of amides is 3. The molecule has 1 fully saturated rings. The van der Waals surface area contributed by atoms with E-state index in [1.165, 1.54) is 19.1 Å². The average Bonchev–Trinajstić information content (AvgIpc) is 2.36. The van der Waals surface area contributed by atoms with Gasteiger partial charge in [-0.3, -0.25) is 19.7 Å².